The fourth-order valence-electron chi connectivity index (χ4n) is 2.68. The van der Waals surface area contributed by atoms with Crippen molar-refractivity contribution in [3.05, 3.63) is 65.7 Å². The Bertz CT molecular complexity index is 628. The maximum Gasteiger partial charge on any atom is 0.220 e. The Kier molecular flexibility index (Phi) is 7.30. The van der Waals surface area contributed by atoms with Gasteiger partial charge in [-0.3, -0.25) is 4.79 Å². The molecule has 0 aromatic heterocycles. The van der Waals surface area contributed by atoms with Gasteiger partial charge in [-0.25, -0.2) is 0 Å². The summed E-state index contributed by atoms with van der Waals surface area (Å²) in [6.07, 6.45) is 1.10. The normalized spacial score (nSPS) is 11.9. The van der Waals surface area contributed by atoms with Crippen LogP contribution in [0, 0.1) is 0 Å². The molecule has 2 aromatic carbocycles. The molecular formula is C20H25NO3. The zero-order valence-corrected chi connectivity index (χ0v) is 14.1. The van der Waals surface area contributed by atoms with Crippen molar-refractivity contribution in [2.45, 2.75) is 25.7 Å². The third kappa shape index (κ3) is 5.39. The molecule has 4 nitrogen and oxygen atoms in total. The monoisotopic (exact) mass is 327 g/mol. The standard InChI is InChI=1S/C20H25NO3/c1-2-24-14-8-13-21-20(23)15-18(16-9-4-3-5-10-16)17-11-6-7-12-19(17)22/h3-7,9-12,18,22H,2,8,13-15H2,1H3,(H,21,23)/t18-/m1/s1. The number of amides is 1. The van der Waals surface area contributed by atoms with Crippen molar-refractivity contribution in [2.75, 3.05) is 19.8 Å². The van der Waals surface area contributed by atoms with Crippen LogP contribution in [0.4, 0.5) is 0 Å². The molecule has 0 radical (unpaired) electrons. The summed E-state index contributed by atoms with van der Waals surface area (Å²) in [6, 6.07) is 17.0. The number of nitrogens with one attached hydrogen (secondary N) is 1. The highest BCUT2D eigenvalue weighted by Crippen LogP contribution is 2.33. The first kappa shape index (κ1) is 18.0. The zero-order valence-electron chi connectivity index (χ0n) is 14.1. The van der Waals surface area contributed by atoms with E-state index in [1.165, 1.54) is 0 Å². The number of hydrogen-bond acceptors (Lipinski definition) is 3. The molecule has 128 valence electrons. The topological polar surface area (TPSA) is 58.6 Å². The summed E-state index contributed by atoms with van der Waals surface area (Å²) >= 11 is 0. The Balaban J connectivity index is 2.05. The molecule has 0 spiro atoms. The average Bonchev–Trinajstić information content (AvgIpc) is 2.61. The quantitative estimate of drug-likeness (QED) is 0.694. The number of carbonyl (C=O) groups excluding carboxylic acids is 1. The molecule has 0 heterocycles. The summed E-state index contributed by atoms with van der Waals surface area (Å²) in [5, 5.41) is 13.1. The molecule has 1 atom stereocenters. The lowest BCUT2D eigenvalue weighted by Gasteiger charge is -2.19. The number of aromatic hydroxyl groups is 1. The largest absolute Gasteiger partial charge is 0.508 e. The second-order valence-electron chi connectivity index (χ2n) is 5.63. The number of rotatable bonds is 9. The van der Waals surface area contributed by atoms with Gasteiger partial charge in [0, 0.05) is 37.7 Å². The Labute approximate surface area is 143 Å². The van der Waals surface area contributed by atoms with Crippen molar-refractivity contribution in [1.29, 1.82) is 0 Å². The van der Waals surface area contributed by atoms with Gasteiger partial charge < -0.3 is 15.2 Å². The van der Waals surface area contributed by atoms with Gasteiger partial charge in [-0.2, -0.15) is 0 Å². The van der Waals surface area contributed by atoms with Crippen molar-refractivity contribution < 1.29 is 14.6 Å². The maximum absolute atomic E-state index is 12.3. The summed E-state index contributed by atoms with van der Waals surface area (Å²) < 4.78 is 5.27. The van der Waals surface area contributed by atoms with Crippen LogP contribution in [0.5, 0.6) is 5.75 Å². The number of phenols is 1. The maximum atomic E-state index is 12.3. The first-order valence-corrected chi connectivity index (χ1v) is 8.39. The van der Waals surface area contributed by atoms with Crippen LogP contribution >= 0.6 is 0 Å². The van der Waals surface area contributed by atoms with Crippen LogP contribution in [0.3, 0.4) is 0 Å². The molecule has 0 aliphatic rings. The molecule has 1 amide bonds. The fraction of sp³-hybridized carbons (Fsp3) is 0.350. The molecule has 0 fully saturated rings. The summed E-state index contributed by atoms with van der Waals surface area (Å²) in [6.45, 7) is 3.90. The predicted molar refractivity (Wildman–Crippen MR) is 95.1 cm³/mol. The minimum atomic E-state index is -0.167. The van der Waals surface area contributed by atoms with Crippen LogP contribution in [0.2, 0.25) is 0 Å². The van der Waals surface area contributed by atoms with Gasteiger partial charge in [0.1, 0.15) is 5.75 Å². The third-order valence-electron chi connectivity index (χ3n) is 3.90. The van der Waals surface area contributed by atoms with E-state index in [1.807, 2.05) is 49.4 Å². The van der Waals surface area contributed by atoms with E-state index in [0.29, 0.717) is 26.2 Å². The van der Waals surface area contributed by atoms with Gasteiger partial charge >= 0.3 is 0 Å². The van der Waals surface area contributed by atoms with Gasteiger partial charge in [-0.1, -0.05) is 48.5 Å². The minimum absolute atomic E-state index is 0.0244. The van der Waals surface area contributed by atoms with Crippen molar-refractivity contribution in [1.82, 2.24) is 5.32 Å². The highest BCUT2D eigenvalue weighted by molar-refractivity contribution is 5.77. The van der Waals surface area contributed by atoms with Crippen molar-refractivity contribution in [3.63, 3.8) is 0 Å². The van der Waals surface area contributed by atoms with Crippen LogP contribution in [-0.4, -0.2) is 30.8 Å². The van der Waals surface area contributed by atoms with Gasteiger partial charge in [0.25, 0.3) is 0 Å². The first-order valence-electron chi connectivity index (χ1n) is 8.39. The Morgan fingerprint density at radius 1 is 1.12 bits per heavy atom. The molecule has 0 aliphatic carbocycles. The van der Waals surface area contributed by atoms with Crippen molar-refractivity contribution in [2.24, 2.45) is 0 Å². The van der Waals surface area contributed by atoms with Gasteiger partial charge in [-0.05, 0) is 25.0 Å². The molecule has 2 aromatic rings. The van der Waals surface area contributed by atoms with Crippen LogP contribution in [0.1, 0.15) is 36.8 Å². The fourth-order valence-corrected chi connectivity index (χ4v) is 2.68. The molecule has 0 saturated carbocycles. The number of carbonyl (C=O) groups is 1. The van der Waals surface area contributed by atoms with Crippen LogP contribution in [0.15, 0.2) is 54.6 Å². The van der Waals surface area contributed by atoms with Gasteiger partial charge in [0.15, 0.2) is 0 Å². The van der Waals surface area contributed by atoms with Crippen molar-refractivity contribution in [3.8, 4) is 5.75 Å². The summed E-state index contributed by atoms with van der Waals surface area (Å²) in [4.78, 5) is 12.3. The summed E-state index contributed by atoms with van der Waals surface area (Å²) in [5.74, 6) is 0.0263. The number of phenolic OH excluding ortho intramolecular Hbond substituents is 1. The van der Waals surface area contributed by atoms with E-state index in [4.69, 9.17) is 4.74 Å². The molecule has 0 saturated heterocycles. The third-order valence-corrected chi connectivity index (χ3v) is 3.90. The van der Waals surface area contributed by atoms with Crippen LogP contribution in [0.25, 0.3) is 0 Å². The van der Waals surface area contributed by atoms with E-state index in [-0.39, 0.29) is 17.6 Å². The summed E-state index contributed by atoms with van der Waals surface area (Å²) in [5.41, 5.74) is 1.79. The molecule has 0 aliphatic heterocycles. The van der Waals surface area contributed by atoms with Gasteiger partial charge in [0.2, 0.25) is 5.91 Å². The molecule has 2 N–H and O–H groups in total. The molecule has 2 rings (SSSR count). The number of benzene rings is 2. The van der Waals surface area contributed by atoms with Crippen LogP contribution in [-0.2, 0) is 9.53 Å². The highest BCUT2D eigenvalue weighted by Gasteiger charge is 2.20. The minimum Gasteiger partial charge on any atom is -0.508 e. The SMILES string of the molecule is CCOCCCNC(=O)C[C@H](c1ccccc1)c1ccccc1O. The molecule has 4 heteroatoms. The van der Waals surface area contributed by atoms with E-state index in [1.54, 1.807) is 12.1 Å². The Morgan fingerprint density at radius 3 is 2.54 bits per heavy atom. The molecule has 24 heavy (non-hydrogen) atoms. The molecule has 0 bridgehead atoms. The lowest BCUT2D eigenvalue weighted by atomic mass is 9.87. The lowest BCUT2D eigenvalue weighted by Crippen LogP contribution is -2.27. The predicted octanol–water partition coefficient (Wildman–Crippen LogP) is 3.46. The second kappa shape index (κ2) is 9.73. The average molecular weight is 327 g/mol. The summed E-state index contributed by atoms with van der Waals surface area (Å²) in [7, 11) is 0. The second-order valence-corrected chi connectivity index (χ2v) is 5.63. The molecular weight excluding hydrogens is 302 g/mol. The van der Waals surface area contributed by atoms with Crippen LogP contribution < -0.4 is 5.32 Å². The van der Waals surface area contributed by atoms with Gasteiger partial charge in [-0.15, -0.1) is 0 Å². The van der Waals surface area contributed by atoms with E-state index >= 15 is 0 Å². The van der Waals surface area contributed by atoms with E-state index < -0.39 is 0 Å². The number of para-hydroxylation sites is 1. The van der Waals surface area contributed by atoms with E-state index in [2.05, 4.69) is 5.32 Å². The first-order chi connectivity index (χ1) is 11.7. The smallest absolute Gasteiger partial charge is 0.220 e. The highest BCUT2D eigenvalue weighted by atomic mass is 16.5. The number of hydrogen-bond donors (Lipinski definition) is 2. The van der Waals surface area contributed by atoms with E-state index in [0.717, 1.165) is 17.5 Å². The number of ether oxygens (including phenoxy) is 1. The Morgan fingerprint density at radius 2 is 1.83 bits per heavy atom. The molecule has 0 unspecified atom stereocenters. The van der Waals surface area contributed by atoms with E-state index in [9.17, 15) is 9.90 Å². The lowest BCUT2D eigenvalue weighted by molar-refractivity contribution is -0.121. The van der Waals surface area contributed by atoms with Gasteiger partial charge in [0.05, 0.1) is 0 Å². The zero-order chi connectivity index (χ0) is 17.2. The van der Waals surface area contributed by atoms with Crippen molar-refractivity contribution >= 4 is 5.91 Å². The Hall–Kier alpha value is -2.33.